The minimum Gasteiger partial charge on any atom is -0.453 e. The van der Waals surface area contributed by atoms with Crippen molar-refractivity contribution in [1.82, 2.24) is 14.8 Å². The van der Waals surface area contributed by atoms with Crippen LogP contribution in [0.15, 0.2) is 36.5 Å². The van der Waals surface area contributed by atoms with E-state index < -0.39 is 0 Å². The van der Waals surface area contributed by atoms with Gasteiger partial charge in [-0.1, -0.05) is 24.3 Å². The topological polar surface area (TPSA) is 45.7 Å². The molecule has 1 aromatic carbocycles. The van der Waals surface area contributed by atoms with Crippen molar-refractivity contribution < 1.29 is 9.53 Å². The second-order valence-corrected chi connectivity index (χ2v) is 5.23. The minimum atomic E-state index is -0.235. The molecule has 1 fully saturated rings. The maximum Gasteiger partial charge on any atom is 0.409 e. The van der Waals surface area contributed by atoms with Crippen LogP contribution in [0.3, 0.4) is 0 Å². The lowest BCUT2D eigenvalue weighted by Gasteiger charge is -2.33. The number of hydrogen-bond acceptors (Lipinski definition) is 4. The van der Waals surface area contributed by atoms with Crippen LogP contribution in [0.1, 0.15) is 5.56 Å². The summed E-state index contributed by atoms with van der Waals surface area (Å²) in [5.41, 5.74) is 2.30. The number of methoxy groups -OCH3 is 1. The summed E-state index contributed by atoms with van der Waals surface area (Å²) in [6, 6.07) is 10.3. The third-order valence-corrected chi connectivity index (χ3v) is 3.92. The molecule has 5 heteroatoms. The Balaban J connectivity index is 1.69. The predicted molar refractivity (Wildman–Crippen MR) is 81.0 cm³/mol. The van der Waals surface area contributed by atoms with E-state index in [0.717, 1.165) is 25.2 Å². The van der Waals surface area contributed by atoms with Crippen LogP contribution in [0, 0.1) is 0 Å². The number of amides is 1. The number of benzene rings is 1. The highest BCUT2D eigenvalue weighted by molar-refractivity contribution is 5.81. The van der Waals surface area contributed by atoms with Crippen LogP contribution in [0.4, 0.5) is 4.79 Å². The van der Waals surface area contributed by atoms with Gasteiger partial charge in [0.15, 0.2) is 0 Å². The van der Waals surface area contributed by atoms with Crippen LogP contribution < -0.4 is 0 Å². The Kier molecular flexibility index (Phi) is 4.01. The second kappa shape index (κ2) is 6.10. The average molecular weight is 285 g/mol. The molecule has 21 heavy (non-hydrogen) atoms. The van der Waals surface area contributed by atoms with Crippen molar-refractivity contribution >= 4 is 17.0 Å². The van der Waals surface area contributed by atoms with Crippen LogP contribution in [-0.4, -0.2) is 54.2 Å². The zero-order valence-electron chi connectivity index (χ0n) is 12.2. The number of aromatic nitrogens is 1. The molecular weight excluding hydrogens is 266 g/mol. The van der Waals surface area contributed by atoms with Gasteiger partial charge >= 0.3 is 6.09 Å². The van der Waals surface area contributed by atoms with Crippen molar-refractivity contribution in [3.63, 3.8) is 0 Å². The first-order valence-corrected chi connectivity index (χ1v) is 7.16. The van der Waals surface area contributed by atoms with Gasteiger partial charge < -0.3 is 9.64 Å². The summed E-state index contributed by atoms with van der Waals surface area (Å²) in [7, 11) is 1.43. The van der Waals surface area contributed by atoms with Gasteiger partial charge in [-0.15, -0.1) is 0 Å². The minimum absolute atomic E-state index is 0.235. The normalized spacial score (nSPS) is 16.1. The lowest BCUT2D eigenvalue weighted by atomic mass is 10.1. The molecule has 1 saturated heterocycles. The van der Waals surface area contributed by atoms with Crippen molar-refractivity contribution in [2.45, 2.75) is 6.54 Å². The fraction of sp³-hybridized carbons (Fsp3) is 0.375. The summed E-state index contributed by atoms with van der Waals surface area (Å²) in [6.07, 6.45) is 1.60. The van der Waals surface area contributed by atoms with Gasteiger partial charge in [0.05, 0.1) is 12.6 Å². The van der Waals surface area contributed by atoms with E-state index in [0.29, 0.717) is 13.1 Å². The maximum atomic E-state index is 11.5. The monoisotopic (exact) mass is 285 g/mol. The van der Waals surface area contributed by atoms with Crippen molar-refractivity contribution in [1.29, 1.82) is 0 Å². The van der Waals surface area contributed by atoms with Gasteiger partial charge in [0.25, 0.3) is 0 Å². The highest BCUT2D eigenvalue weighted by Gasteiger charge is 2.21. The van der Waals surface area contributed by atoms with E-state index in [9.17, 15) is 4.79 Å². The fourth-order valence-corrected chi connectivity index (χ4v) is 2.75. The highest BCUT2D eigenvalue weighted by atomic mass is 16.5. The van der Waals surface area contributed by atoms with Crippen LogP contribution >= 0.6 is 0 Å². The summed E-state index contributed by atoms with van der Waals surface area (Å²) in [5, 5.41) is 1.17. The van der Waals surface area contributed by atoms with E-state index in [1.54, 1.807) is 4.90 Å². The highest BCUT2D eigenvalue weighted by Crippen LogP contribution is 2.18. The van der Waals surface area contributed by atoms with E-state index in [4.69, 9.17) is 4.74 Å². The van der Waals surface area contributed by atoms with Crippen molar-refractivity contribution in [2.75, 3.05) is 33.3 Å². The molecule has 2 heterocycles. The maximum absolute atomic E-state index is 11.5. The second-order valence-electron chi connectivity index (χ2n) is 5.23. The molecule has 1 amide bonds. The molecule has 0 spiro atoms. The Hall–Kier alpha value is -2.14. The van der Waals surface area contributed by atoms with E-state index in [1.165, 1.54) is 18.1 Å². The molecule has 0 bridgehead atoms. The Bertz CT molecular complexity index is 631. The van der Waals surface area contributed by atoms with E-state index in [1.807, 2.05) is 12.3 Å². The van der Waals surface area contributed by atoms with Crippen LogP contribution in [0.5, 0.6) is 0 Å². The van der Waals surface area contributed by atoms with Crippen LogP contribution in [0.25, 0.3) is 10.9 Å². The smallest absolute Gasteiger partial charge is 0.409 e. The zero-order valence-corrected chi connectivity index (χ0v) is 12.2. The Morgan fingerprint density at radius 1 is 1.19 bits per heavy atom. The molecular formula is C16H19N3O2. The predicted octanol–water partition coefficient (Wildman–Crippen LogP) is 2.12. The number of piperazine rings is 1. The standard InChI is InChI=1S/C16H19N3O2/c1-21-16(20)19-10-8-18(9-11-19)12-14-5-2-4-13-6-3-7-17-15(13)14/h2-7H,8-12H2,1H3. The number of carbonyl (C=O) groups is 1. The van der Waals surface area contributed by atoms with Gasteiger partial charge in [0.2, 0.25) is 0 Å². The summed E-state index contributed by atoms with van der Waals surface area (Å²) in [6.45, 7) is 4.01. The van der Waals surface area contributed by atoms with E-state index in [-0.39, 0.29) is 6.09 Å². The number of ether oxygens (including phenoxy) is 1. The van der Waals surface area contributed by atoms with Gasteiger partial charge in [0.1, 0.15) is 0 Å². The molecule has 0 unspecified atom stereocenters. The quantitative estimate of drug-likeness (QED) is 0.848. The molecule has 1 aromatic heterocycles. The van der Waals surface area contributed by atoms with Crippen molar-refractivity contribution in [3.8, 4) is 0 Å². The molecule has 2 aromatic rings. The molecule has 5 nitrogen and oxygen atoms in total. The molecule has 0 aliphatic carbocycles. The molecule has 0 saturated carbocycles. The first-order valence-electron chi connectivity index (χ1n) is 7.16. The lowest BCUT2D eigenvalue weighted by molar-refractivity contribution is 0.0890. The third-order valence-electron chi connectivity index (χ3n) is 3.92. The number of rotatable bonds is 2. The fourth-order valence-electron chi connectivity index (χ4n) is 2.75. The number of para-hydroxylation sites is 1. The zero-order chi connectivity index (χ0) is 14.7. The van der Waals surface area contributed by atoms with Gasteiger partial charge in [0, 0.05) is 44.3 Å². The summed E-state index contributed by atoms with van der Waals surface area (Å²) >= 11 is 0. The average Bonchev–Trinajstić information content (AvgIpc) is 2.55. The van der Waals surface area contributed by atoms with E-state index >= 15 is 0 Å². The third kappa shape index (κ3) is 2.97. The largest absolute Gasteiger partial charge is 0.453 e. The van der Waals surface area contributed by atoms with Gasteiger partial charge in [-0.25, -0.2) is 4.79 Å². The molecule has 110 valence electrons. The summed E-state index contributed by atoms with van der Waals surface area (Å²) in [4.78, 5) is 20.1. The first kappa shape index (κ1) is 13.8. The number of carbonyl (C=O) groups excluding carboxylic acids is 1. The molecule has 1 aliphatic heterocycles. The van der Waals surface area contributed by atoms with Crippen LogP contribution in [0.2, 0.25) is 0 Å². The van der Waals surface area contributed by atoms with Gasteiger partial charge in [-0.3, -0.25) is 9.88 Å². The number of nitrogens with zero attached hydrogens (tertiary/aromatic N) is 3. The SMILES string of the molecule is COC(=O)N1CCN(Cc2cccc3cccnc23)CC1. The number of fused-ring (bicyclic) bond motifs is 1. The Labute approximate surface area is 124 Å². The molecule has 0 N–H and O–H groups in total. The van der Waals surface area contributed by atoms with Gasteiger partial charge in [-0.2, -0.15) is 0 Å². The Morgan fingerprint density at radius 2 is 1.95 bits per heavy atom. The lowest BCUT2D eigenvalue weighted by Crippen LogP contribution is -2.48. The molecule has 3 rings (SSSR count). The first-order chi connectivity index (χ1) is 10.3. The summed E-state index contributed by atoms with van der Waals surface area (Å²) < 4.78 is 4.76. The summed E-state index contributed by atoms with van der Waals surface area (Å²) in [5.74, 6) is 0. The number of hydrogen-bond donors (Lipinski definition) is 0. The molecule has 1 aliphatic rings. The molecule has 0 radical (unpaired) electrons. The number of pyridine rings is 1. The van der Waals surface area contributed by atoms with Crippen molar-refractivity contribution in [2.24, 2.45) is 0 Å². The Morgan fingerprint density at radius 3 is 2.71 bits per heavy atom. The van der Waals surface area contributed by atoms with Crippen molar-refractivity contribution in [3.05, 3.63) is 42.1 Å². The van der Waals surface area contributed by atoms with E-state index in [2.05, 4.69) is 34.1 Å². The van der Waals surface area contributed by atoms with Gasteiger partial charge in [-0.05, 0) is 11.6 Å². The molecule has 0 atom stereocenters. The van der Waals surface area contributed by atoms with Crippen LogP contribution in [-0.2, 0) is 11.3 Å².